The summed E-state index contributed by atoms with van der Waals surface area (Å²) < 4.78 is 5.38. The summed E-state index contributed by atoms with van der Waals surface area (Å²) in [7, 11) is 0. The number of carbonyl (C=O) groups is 2. The molecule has 6 nitrogen and oxygen atoms in total. The van der Waals surface area contributed by atoms with Crippen LogP contribution >= 0.6 is 22.9 Å². The number of pyridine rings is 1. The maximum absolute atomic E-state index is 13.1. The molecule has 0 radical (unpaired) electrons. The van der Waals surface area contributed by atoms with Crippen LogP contribution in [0.25, 0.3) is 21.3 Å². The minimum absolute atomic E-state index is 0.193. The molecule has 0 aliphatic carbocycles. The standard InChI is InChI=1S/C25H20ClN3O3S/c1-3-32-25(31)17-13(2)27-24-19(18(17)14-7-5-4-6-8-14)20-21(33-24)23(30)29-22(28-20)15-9-11-16(26)12-10-15/h4-12,22,28H,3H2,1-2H3,(H,29,30). The third-order valence-electron chi connectivity index (χ3n) is 5.54. The van der Waals surface area contributed by atoms with Gasteiger partial charge in [0.05, 0.1) is 23.6 Å². The Balaban J connectivity index is 1.77. The van der Waals surface area contributed by atoms with Crippen LogP contribution in [-0.2, 0) is 4.74 Å². The number of hydrogen-bond acceptors (Lipinski definition) is 6. The topological polar surface area (TPSA) is 80.3 Å². The van der Waals surface area contributed by atoms with Crippen LogP contribution in [0.4, 0.5) is 5.69 Å². The number of amides is 1. The zero-order valence-electron chi connectivity index (χ0n) is 17.9. The molecule has 1 aliphatic heterocycles. The van der Waals surface area contributed by atoms with Gasteiger partial charge in [-0.2, -0.15) is 0 Å². The van der Waals surface area contributed by atoms with Crippen LogP contribution in [0, 0.1) is 6.92 Å². The monoisotopic (exact) mass is 477 g/mol. The van der Waals surface area contributed by atoms with Gasteiger partial charge in [0.2, 0.25) is 0 Å². The van der Waals surface area contributed by atoms with Crippen LogP contribution in [0.1, 0.15) is 44.4 Å². The molecule has 2 aromatic carbocycles. The van der Waals surface area contributed by atoms with Gasteiger partial charge in [-0.1, -0.05) is 54.1 Å². The number of carbonyl (C=O) groups excluding carboxylic acids is 2. The molecule has 1 amide bonds. The molecule has 0 spiro atoms. The van der Waals surface area contributed by atoms with Gasteiger partial charge in [-0.15, -0.1) is 11.3 Å². The number of nitrogens with one attached hydrogen (secondary N) is 2. The Morgan fingerprint density at radius 2 is 1.85 bits per heavy atom. The number of nitrogens with zero attached hydrogens (tertiary/aromatic N) is 1. The Morgan fingerprint density at radius 1 is 1.12 bits per heavy atom. The van der Waals surface area contributed by atoms with Gasteiger partial charge in [0.15, 0.2) is 0 Å². The molecule has 2 N–H and O–H groups in total. The predicted molar refractivity (Wildman–Crippen MR) is 131 cm³/mol. The minimum atomic E-state index is -0.448. The maximum Gasteiger partial charge on any atom is 0.340 e. The molecule has 8 heteroatoms. The lowest BCUT2D eigenvalue weighted by molar-refractivity contribution is 0.0526. The Morgan fingerprint density at radius 3 is 2.55 bits per heavy atom. The predicted octanol–water partition coefficient (Wildman–Crippen LogP) is 5.96. The highest BCUT2D eigenvalue weighted by atomic mass is 35.5. The summed E-state index contributed by atoms with van der Waals surface area (Å²) in [4.78, 5) is 32.0. The maximum atomic E-state index is 13.1. The fourth-order valence-corrected chi connectivity index (χ4v) is 5.31. The highest BCUT2D eigenvalue weighted by Crippen LogP contribution is 2.46. The first kappa shape index (κ1) is 21.4. The first-order chi connectivity index (χ1) is 16.0. The van der Waals surface area contributed by atoms with Gasteiger partial charge < -0.3 is 15.4 Å². The summed E-state index contributed by atoms with van der Waals surface area (Å²) in [6, 6.07) is 16.9. The molecule has 2 aromatic heterocycles. The van der Waals surface area contributed by atoms with Crippen LogP contribution in [0.15, 0.2) is 54.6 Å². The average molecular weight is 478 g/mol. The third kappa shape index (κ3) is 3.73. The van der Waals surface area contributed by atoms with E-state index in [1.165, 1.54) is 11.3 Å². The van der Waals surface area contributed by atoms with Crippen molar-refractivity contribution in [3.8, 4) is 11.1 Å². The van der Waals surface area contributed by atoms with Crippen molar-refractivity contribution in [1.29, 1.82) is 0 Å². The summed E-state index contributed by atoms with van der Waals surface area (Å²) in [5, 5.41) is 7.81. The summed E-state index contributed by atoms with van der Waals surface area (Å²) >= 11 is 7.34. The molecule has 0 saturated heterocycles. The van der Waals surface area contributed by atoms with Crippen molar-refractivity contribution in [2.75, 3.05) is 11.9 Å². The molecule has 1 aliphatic rings. The Labute approximate surface area is 199 Å². The van der Waals surface area contributed by atoms with Gasteiger partial charge >= 0.3 is 5.97 Å². The number of halogens is 1. The Kier molecular flexibility index (Phi) is 5.52. The molecule has 1 unspecified atom stereocenters. The fraction of sp³-hybridized carbons (Fsp3) is 0.160. The van der Waals surface area contributed by atoms with Gasteiger partial charge in [-0.05, 0) is 37.1 Å². The fourth-order valence-electron chi connectivity index (χ4n) is 4.09. The van der Waals surface area contributed by atoms with Crippen LogP contribution in [-0.4, -0.2) is 23.5 Å². The van der Waals surface area contributed by atoms with E-state index in [4.69, 9.17) is 21.3 Å². The van der Waals surface area contributed by atoms with E-state index in [9.17, 15) is 9.59 Å². The van der Waals surface area contributed by atoms with E-state index >= 15 is 0 Å². The molecule has 0 fully saturated rings. The van der Waals surface area contributed by atoms with Crippen molar-refractivity contribution in [1.82, 2.24) is 10.3 Å². The number of benzene rings is 2. The lowest BCUT2D eigenvalue weighted by Crippen LogP contribution is -2.37. The molecule has 166 valence electrons. The van der Waals surface area contributed by atoms with Gasteiger partial charge in [0.1, 0.15) is 15.9 Å². The van der Waals surface area contributed by atoms with E-state index in [-0.39, 0.29) is 12.5 Å². The SMILES string of the molecule is CCOC(=O)c1c(C)nc2sc3c(c2c1-c1ccccc1)NC(c1ccc(Cl)cc1)NC3=O. The summed E-state index contributed by atoms with van der Waals surface area (Å²) in [5.41, 5.74) is 4.07. The normalized spacial score (nSPS) is 15.0. The van der Waals surface area contributed by atoms with Crippen LogP contribution in [0.5, 0.6) is 0 Å². The average Bonchev–Trinajstić information content (AvgIpc) is 3.18. The highest BCUT2D eigenvalue weighted by molar-refractivity contribution is 7.21. The number of fused-ring (bicyclic) bond motifs is 3. The number of thiophene rings is 1. The minimum Gasteiger partial charge on any atom is -0.462 e. The molecule has 5 rings (SSSR count). The zero-order chi connectivity index (χ0) is 23.1. The second-order valence-electron chi connectivity index (χ2n) is 7.62. The van der Waals surface area contributed by atoms with Gasteiger partial charge in [0.25, 0.3) is 5.91 Å². The number of ether oxygens (including phenoxy) is 1. The largest absolute Gasteiger partial charge is 0.462 e. The molecular formula is C25H20ClN3O3S. The van der Waals surface area contributed by atoms with Gasteiger partial charge in [-0.25, -0.2) is 9.78 Å². The van der Waals surface area contributed by atoms with E-state index in [0.29, 0.717) is 37.2 Å². The first-order valence-electron chi connectivity index (χ1n) is 10.5. The van der Waals surface area contributed by atoms with E-state index in [1.54, 1.807) is 26.0 Å². The number of esters is 1. The molecule has 0 bridgehead atoms. The van der Waals surface area contributed by atoms with E-state index in [1.807, 2.05) is 42.5 Å². The second kappa shape index (κ2) is 8.50. The molecule has 1 atom stereocenters. The number of hydrogen-bond donors (Lipinski definition) is 2. The molecule has 3 heterocycles. The first-order valence-corrected chi connectivity index (χ1v) is 11.7. The van der Waals surface area contributed by atoms with Gasteiger partial charge in [0, 0.05) is 16.0 Å². The van der Waals surface area contributed by atoms with E-state index in [2.05, 4.69) is 10.6 Å². The molecule has 0 saturated carbocycles. The number of anilines is 1. The van der Waals surface area contributed by atoms with E-state index in [0.717, 1.165) is 16.5 Å². The number of aryl methyl sites for hydroxylation is 1. The summed E-state index contributed by atoms with van der Waals surface area (Å²) in [5.74, 6) is -0.626. The van der Waals surface area contributed by atoms with Crippen LogP contribution in [0.3, 0.4) is 0 Å². The number of aromatic nitrogens is 1. The molecule has 4 aromatic rings. The lowest BCUT2D eigenvalue weighted by Gasteiger charge is -2.27. The molecule has 33 heavy (non-hydrogen) atoms. The quantitative estimate of drug-likeness (QED) is 0.355. The van der Waals surface area contributed by atoms with Crippen molar-refractivity contribution in [2.24, 2.45) is 0 Å². The van der Waals surface area contributed by atoms with Crippen LogP contribution < -0.4 is 10.6 Å². The van der Waals surface area contributed by atoms with E-state index < -0.39 is 12.1 Å². The van der Waals surface area contributed by atoms with Crippen molar-refractivity contribution in [3.63, 3.8) is 0 Å². The van der Waals surface area contributed by atoms with Crippen LogP contribution in [0.2, 0.25) is 5.02 Å². The summed E-state index contributed by atoms with van der Waals surface area (Å²) in [6.45, 7) is 3.82. The zero-order valence-corrected chi connectivity index (χ0v) is 19.5. The van der Waals surface area contributed by atoms with Crippen molar-refractivity contribution >= 4 is 50.7 Å². The lowest BCUT2D eigenvalue weighted by atomic mass is 9.94. The summed E-state index contributed by atoms with van der Waals surface area (Å²) in [6.07, 6.45) is -0.448. The smallest absolute Gasteiger partial charge is 0.340 e. The van der Waals surface area contributed by atoms with Crippen molar-refractivity contribution in [2.45, 2.75) is 20.0 Å². The van der Waals surface area contributed by atoms with Crippen molar-refractivity contribution < 1.29 is 14.3 Å². The molecular weight excluding hydrogens is 458 g/mol. The van der Waals surface area contributed by atoms with Crippen molar-refractivity contribution in [3.05, 3.63) is 81.3 Å². The Hall–Kier alpha value is -3.42. The third-order valence-corrected chi connectivity index (χ3v) is 6.87. The van der Waals surface area contributed by atoms with Gasteiger partial charge in [-0.3, -0.25) is 4.79 Å². The highest BCUT2D eigenvalue weighted by Gasteiger charge is 2.33. The number of rotatable bonds is 4. The second-order valence-corrected chi connectivity index (χ2v) is 9.06. The Bertz CT molecular complexity index is 1380.